The van der Waals surface area contributed by atoms with Crippen molar-refractivity contribution >= 4 is 5.78 Å². The Bertz CT molecular complexity index is 295. The molecule has 1 aromatic heterocycles. The maximum absolute atomic E-state index is 11.5. The first kappa shape index (κ1) is 10.9. The first-order valence-corrected chi connectivity index (χ1v) is 4.71. The van der Waals surface area contributed by atoms with E-state index in [0.29, 0.717) is 0 Å². The van der Waals surface area contributed by atoms with Crippen molar-refractivity contribution < 1.29 is 9.90 Å². The number of aliphatic hydroxyl groups excluding tert-OH is 1. The predicted molar refractivity (Wildman–Crippen MR) is 53.8 cm³/mol. The second-order valence-corrected chi connectivity index (χ2v) is 3.69. The Morgan fingerprint density at radius 1 is 1.57 bits per heavy atom. The molecule has 0 saturated heterocycles. The minimum Gasteiger partial charge on any atom is -0.385 e. The van der Waals surface area contributed by atoms with E-state index in [-0.39, 0.29) is 18.1 Å². The van der Waals surface area contributed by atoms with E-state index in [2.05, 4.69) is 4.98 Å². The Morgan fingerprint density at radius 3 is 2.79 bits per heavy atom. The van der Waals surface area contributed by atoms with Crippen molar-refractivity contribution in [3.05, 3.63) is 30.1 Å². The van der Waals surface area contributed by atoms with Gasteiger partial charge in [0, 0.05) is 18.8 Å². The second kappa shape index (κ2) is 4.86. The van der Waals surface area contributed by atoms with Crippen LogP contribution in [0, 0.1) is 5.92 Å². The van der Waals surface area contributed by atoms with Crippen molar-refractivity contribution in [2.75, 3.05) is 0 Å². The Kier molecular flexibility index (Phi) is 3.77. The van der Waals surface area contributed by atoms with E-state index in [9.17, 15) is 9.90 Å². The minimum absolute atomic E-state index is 0.0285. The van der Waals surface area contributed by atoms with Gasteiger partial charge in [-0.25, -0.2) is 0 Å². The molecular weight excluding hydrogens is 178 g/mol. The van der Waals surface area contributed by atoms with E-state index in [0.717, 1.165) is 5.56 Å². The number of Topliss-reactive ketones (excluding diaryl/α,β-unsaturated/α-hetero) is 1. The van der Waals surface area contributed by atoms with Gasteiger partial charge in [-0.1, -0.05) is 19.9 Å². The van der Waals surface area contributed by atoms with Crippen molar-refractivity contribution in [3.63, 3.8) is 0 Å². The topological polar surface area (TPSA) is 50.2 Å². The molecule has 1 heterocycles. The van der Waals surface area contributed by atoms with Gasteiger partial charge in [0.05, 0.1) is 0 Å². The van der Waals surface area contributed by atoms with Gasteiger partial charge in [-0.05, 0) is 17.5 Å². The van der Waals surface area contributed by atoms with E-state index in [1.54, 1.807) is 18.5 Å². The summed E-state index contributed by atoms with van der Waals surface area (Å²) in [6, 6.07) is 3.61. The molecule has 0 amide bonds. The molecule has 1 unspecified atom stereocenters. The Balaban J connectivity index is 2.58. The third kappa shape index (κ3) is 2.92. The number of aromatic nitrogens is 1. The molecule has 1 N–H and O–H groups in total. The maximum atomic E-state index is 11.5. The number of aliphatic hydroxyl groups is 1. The van der Waals surface area contributed by atoms with Gasteiger partial charge in [0.25, 0.3) is 0 Å². The van der Waals surface area contributed by atoms with E-state index in [1.165, 1.54) is 0 Å². The van der Waals surface area contributed by atoms with Crippen LogP contribution >= 0.6 is 0 Å². The summed E-state index contributed by atoms with van der Waals surface area (Å²) in [4.78, 5) is 15.4. The van der Waals surface area contributed by atoms with Crippen LogP contribution < -0.4 is 0 Å². The highest BCUT2D eigenvalue weighted by atomic mass is 16.3. The van der Waals surface area contributed by atoms with E-state index in [4.69, 9.17) is 0 Å². The number of rotatable bonds is 4. The third-order valence-corrected chi connectivity index (χ3v) is 2.06. The molecule has 0 aliphatic carbocycles. The molecule has 1 aromatic rings. The summed E-state index contributed by atoms with van der Waals surface area (Å²) in [5.41, 5.74) is 0.845. The summed E-state index contributed by atoms with van der Waals surface area (Å²) < 4.78 is 0. The molecule has 14 heavy (non-hydrogen) atoms. The summed E-state index contributed by atoms with van der Waals surface area (Å²) in [7, 11) is 0. The number of carbonyl (C=O) groups is 1. The van der Waals surface area contributed by atoms with Gasteiger partial charge in [-0.2, -0.15) is 0 Å². The lowest BCUT2D eigenvalue weighted by molar-refractivity contribution is -0.128. The number of hydrogen-bond donors (Lipinski definition) is 1. The Labute approximate surface area is 83.8 Å². The van der Waals surface area contributed by atoms with Gasteiger partial charge >= 0.3 is 0 Å². The zero-order valence-electron chi connectivity index (χ0n) is 8.47. The lowest BCUT2D eigenvalue weighted by Crippen LogP contribution is -2.27. The van der Waals surface area contributed by atoms with Gasteiger partial charge in [0.1, 0.15) is 6.10 Å². The molecule has 0 aliphatic heterocycles. The Hall–Kier alpha value is -1.22. The molecule has 1 atom stereocenters. The smallest absolute Gasteiger partial charge is 0.165 e. The van der Waals surface area contributed by atoms with Crippen molar-refractivity contribution in [2.24, 2.45) is 5.92 Å². The van der Waals surface area contributed by atoms with Crippen LogP contribution in [0.2, 0.25) is 0 Å². The zero-order chi connectivity index (χ0) is 10.6. The van der Waals surface area contributed by atoms with Gasteiger partial charge in [-0.3, -0.25) is 9.78 Å². The lowest BCUT2D eigenvalue weighted by Gasteiger charge is -2.12. The van der Waals surface area contributed by atoms with Crippen LogP contribution in [-0.4, -0.2) is 22.0 Å². The molecule has 0 saturated carbocycles. The van der Waals surface area contributed by atoms with Crippen molar-refractivity contribution in [1.82, 2.24) is 4.98 Å². The number of pyridine rings is 1. The first-order chi connectivity index (χ1) is 6.61. The van der Waals surface area contributed by atoms with Crippen LogP contribution in [0.5, 0.6) is 0 Å². The summed E-state index contributed by atoms with van der Waals surface area (Å²) in [6.07, 6.45) is 2.69. The molecule has 3 heteroatoms. The molecule has 0 fully saturated rings. The van der Waals surface area contributed by atoms with Crippen molar-refractivity contribution in [2.45, 2.75) is 26.4 Å². The molecule has 0 aromatic carbocycles. The standard InChI is InChI=1S/C11H15NO2/c1-8(2)11(14)10(13)6-9-4-3-5-12-7-9/h3-5,7-8,11,14H,6H2,1-2H3. The van der Waals surface area contributed by atoms with Gasteiger partial charge in [0.2, 0.25) is 0 Å². The molecule has 0 spiro atoms. The fraction of sp³-hybridized carbons (Fsp3) is 0.455. The molecule has 76 valence electrons. The van der Waals surface area contributed by atoms with Crippen LogP contribution in [0.3, 0.4) is 0 Å². The fourth-order valence-corrected chi connectivity index (χ4v) is 1.18. The van der Waals surface area contributed by atoms with Crippen molar-refractivity contribution in [3.8, 4) is 0 Å². The average Bonchev–Trinajstić information content (AvgIpc) is 2.18. The third-order valence-electron chi connectivity index (χ3n) is 2.06. The highest BCUT2D eigenvalue weighted by Crippen LogP contribution is 2.06. The summed E-state index contributed by atoms with van der Waals surface area (Å²) >= 11 is 0. The second-order valence-electron chi connectivity index (χ2n) is 3.69. The van der Waals surface area contributed by atoms with E-state index < -0.39 is 6.10 Å². The van der Waals surface area contributed by atoms with Crippen molar-refractivity contribution in [1.29, 1.82) is 0 Å². The predicted octanol–water partition coefficient (Wildman–Crippen LogP) is 1.21. The average molecular weight is 193 g/mol. The van der Waals surface area contributed by atoms with Gasteiger partial charge in [0.15, 0.2) is 5.78 Å². The molecular formula is C11H15NO2. The highest BCUT2D eigenvalue weighted by Gasteiger charge is 2.18. The Morgan fingerprint density at radius 2 is 2.29 bits per heavy atom. The maximum Gasteiger partial charge on any atom is 0.165 e. The largest absolute Gasteiger partial charge is 0.385 e. The monoisotopic (exact) mass is 193 g/mol. The molecule has 1 rings (SSSR count). The molecule has 0 aliphatic rings. The number of hydrogen-bond acceptors (Lipinski definition) is 3. The number of carbonyl (C=O) groups excluding carboxylic acids is 1. The summed E-state index contributed by atoms with van der Waals surface area (Å²) in [5.74, 6) is -0.174. The van der Waals surface area contributed by atoms with Crippen LogP contribution in [0.15, 0.2) is 24.5 Å². The fourth-order valence-electron chi connectivity index (χ4n) is 1.18. The first-order valence-electron chi connectivity index (χ1n) is 4.71. The zero-order valence-corrected chi connectivity index (χ0v) is 8.47. The minimum atomic E-state index is -0.866. The van der Waals surface area contributed by atoms with E-state index >= 15 is 0 Å². The normalized spacial score (nSPS) is 12.9. The summed E-state index contributed by atoms with van der Waals surface area (Å²) in [6.45, 7) is 3.65. The van der Waals surface area contributed by atoms with Gasteiger partial charge in [-0.15, -0.1) is 0 Å². The SMILES string of the molecule is CC(C)C(O)C(=O)Cc1cccnc1. The quantitative estimate of drug-likeness (QED) is 0.782. The van der Waals surface area contributed by atoms with E-state index in [1.807, 2.05) is 19.9 Å². The molecule has 0 radical (unpaired) electrons. The summed E-state index contributed by atoms with van der Waals surface area (Å²) in [5, 5.41) is 9.49. The molecule has 0 bridgehead atoms. The van der Waals surface area contributed by atoms with Crippen LogP contribution in [0.4, 0.5) is 0 Å². The van der Waals surface area contributed by atoms with Crippen LogP contribution in [0.25, 0.3) is 0 Å². The number of ketones is 1. The van der Waals surface area contributed by atoms with Crippen LogP contribution in [-0.2, 0) is 11.2 Å². The number of nitrogens with zero attached hydrogens (tertiary/aromatic N) is 1. The highest BCUT2D eigenvalue weighted by molar-refractivity contribution is 5.85. The lowest BCUT2D eigenvalue weighted by atomic mass is 9.99. The molecule has 3 nitrogen and oxygen atoms in total. The van der Waals surface area contributed by atoms with Gasteiger partial charge < -0.3 is 5.11 Å². The van der Waals surface area contributed by atoms with Crippen LogP contribution in [0.1, 0.15) is 19.4 Å².